The van der Waals surface area contributed by atoms with E-state index in [0.717, 1.165) is 4.47 Å². The Morgan fingerprint density at radius 3 is 2.50 bits per heavy atom. The smallest absolute Gasteiger partial charge is 0.244 e. The number of hydrogen-bond donors (Lipinski definition) is 1. The number of nitriles is 1. The Kier molecular flexibility index (Phi) is 4.08. The van der Waals surface area contributed by atoms with Gasteiger partial charge in [-0.05, 0) is 37.6 Å². The molecule has 1 amide bonds. The van der Waals surface area contributed by atoms with Crippen LogP contribution < -0.4 is 5.32 Å². The van der Waals surface area contributed by atoms with Crippen LogP contribution in [0, 0.1) is 16.7 Å². The molecule has 16 heavy (non-hydrogen) atoms. The first kappa shape index (κ1) is 12.7. The van der Waals surface area contributed by atoms with Gasteiger partial charge in [0.15, 0.2) is 0 Å². The first-order valence-electron chi connectivity index (χ1n) is 5.00. The molecule has 1 aromatic rings. The van der Waals surface area contributed by atoms with Crippen molar-refractivity contribution < 1.29 is 4.79 Å². The molecule has 0 fully saturated rings. The summed E-state index contributed by atoms with van der Waals surface area (Å²) in [6.07, 6.45) is 0.492. The average molecular weight is 281 g/mol. The lowest BCUT2D eigenvalue weighted by molar-refractivity contribution is -0.122. The number of hydrogen-bond acceptors (Lipinski definition) is 2. The maximum Gasteiger partial charge on any atom is 0.244 e. The molecule has 1 atom stereocenters. The molecule has 0 saturated heterocycles. The number of halogens is 1. The molecular formula is C12H13BrN2O. The Bertz CT molecular complexity index is 422. The van der Waals surface area contributed by atoms with Gasteiger partial charge < -0.3 is 5.32 Å². The predicted molar refractivity (Wildman–Crippen MR) is 66.8 cm³/mol. The molecule has 3 nitrogen and oxygen atoms in total. The molecule has 0 aromatic heterocycles. The van der Waals surface area contributed by atoms with Gasteiger partial charge in [0, 0.05) is 10.2 Å². The van der Waals surface area contributed by atoms with Crippen LogP contribution in [-0.2, 0) is 4.79 Å². The number of anilines is 1. The summed E-state index contributed by atoms with van der Waals surface area (Å²) in [5.41, 5.74) is -0.268. The first-order valence-corrected chi connectivity index (χ1v) is 5.79. The molecule has 1 rings (SSSR count). The van der Waals surface area contributed by atoms with Crippen molar-refractivity contribution in [2.24, 2.45) is 5.41 Å². The lowest BCUT2D eigenvalue weighted by Crippen LogP contribution is -2.31. The highest BCUT2D eigenvalue weighted by molar-refractivity contribution is 9.10. The van der Waals surface area contributed by atoms with Gasteiger partial charge >= 0.3 is 0 Å². The fourth-order valence-corrected chi connectivity index (χ4v) is 1.36. The minimum absolute atomic E-state index is 0.264. The molecule has 1 unspecified atom stereocenters. The van der Waals surface area contributed by atoms with Crippen molar-refractivity contribution in [2.75, 3.05) is 5.32 Å². The Hall–Kier alpha value is -1.34. The van der Waals surface area contributed by atoms with Crippen LogP contribution in [0.25, 0.3) is 0 Å². The molecule has 0 aliphatic carbocycles. The van der Waals surface area contributed by atoms with E-state index in [1.165, 1.54) is 0 Å². The third kappa shape index (κ3) is 2.83. The van der Waals surface area contributed by atoms with Gasteiger partial charge in [0.2, 0.25) is 5.91 Å². The predicted octanol–water partition coefficient (Wildman–Crippen LogP) is 3.33. The molecule has 0 radical (unpaired) electrons. The quantitative estimate of drug-likeness (QED) is 0.923. The largest absolute Gasteiger partial charge is 0.325 e. The van der Waals surface area contributed by atoms with Crippen molar-refractivity contribution in [3.63, 3.8) is 0 Å². The summed E-state index contributed by atoms with van der Waals surface area (Å²) in [5.74, 6) is -0.264. The topological polar surface area (TPSA) is 52.9 Å². The average Bonchev–Trinajstić information content (AvgIpc) is 2.31. The lowest BCUT2D eigenvalue weighted by Gasteiger charge is -2.18. The van der Waals surface area contributed by atoms with Crippen molar-refractivity contribution in [1.29, 1.82) is 5.26 Å². The Morgan fingerprint density at radius 2 is 2.06 bits per heavy atom. The van der Waals surface area contributed by atoms with E-state index in [2.05, 4.69) is 21.2 Å². The molecular weight excluding hydrogens is 268 g/mol. The standard InChI is InChI=1S/C12H13BrN2O/c1-3-12(2,8-14)11(16)15-10-6-4-9(13)5-7-10/h4-7H,3H2,1-2H3,(H,15,16). The summed E-state index contributed by atoms with van der Waals surface area (Å²) in [5, 5.41) is 11.7. The van der Waals surface area contributed by atoms with E-state index in [1.54, 1.807) is 19.1 Å². The van der Waals surface area contributed by atoms with Gasteiger partial charge in [0.05, 0.1) is 6.07 Å². The highest BCUT2D eigenvalue weighted by Gasteiger charge is 2.31. The number of carbonyl (C=O) groups is 1. The van der Waals surface area contributed by atoms with Gasteiger partial charge in [0.1, 0.15) is 5.41 Å². The van der Waals surface area contributed by atoms with E-state index >= 15 is 0 Å². The molecule has 0 aliphatic heterocycles. The third-order valence-corrected chi connectivity index (χ3v) is 3.09. The van der Waals surface area contributed by atoms with E-state index in [-0.39, 0.29) is 5.91 Å². The van der Waals surface area contributed by atoms with Crippen molar-refractivity contribution in [2.45, 2.75) is 20.3 Å². The van der Waals surface area contributed by atoms with Crippen LogP contribution in [0.2, 0.25) is 0 Å². The summed E-state index contributed by atoms with van der Waals surface area (Å²) < 4.78 is 0.948. The number of nitrogens with one attached hydrogen (secondary N) is 1. The SMILES string of the molecule is CCC(C)(C#N)C(=O)Nc1ccc(Br)cc1. The van der Waals surface area contributed by atoms with E-state index in [4.69, 9.17) is 5.26 Å². The summed E-state index contributed by atoms with van der Waals surface area (Å²) in [6.45, 7) is 3.46. The van der Waals surface area contributed by atoms with Gasteiger partial charge in [-0.25, -0.2) is 0 Å². The number of benzene rings is 1. The second-order valence-corrected chi connectivity index (χ2v) is 4.67. The van der Waals surface area contributed by atoms with E-state index in [9.17, 15) is 4.79 Å². The van der Waals surface area contributed by atoms with Crippen LogP contribution in [-0.4, -0.2) is 5.91 Å². The van der Waals surface area contributed by atoms with Crippen LogP contribution in [0.15, 0.2) is 28.7 Å². The minimum atomic E-state index is -0.965. The number of nitrogens with zero attached hydrogens (tertiary/aromatic N) is 1. The van der Waals surface area contributed by atoms with E-state index in [1.807, 2.05) is 25.1 Å². The Balaban J connectivity index is 2.79. The zero-order valence-corrected chi connectivity index (χ0v) is 10.8. The maximum absolute atomic E-state index is 11.8. The third-order valence-electron chi connectivity index (χ3n) is 2.56. The molecule has 84 valence electrons. The Labute approximate surface area is 104 Å². The van der Waals surface area contributed by atoms with E-state index < -0.39 is 5.41 Å². The summed E-state index contributed by atoms with van der Waals surface area (Å²) in [6, 6.07) is 9.29. The molecule has 1 aromatic carbocycles. The zero-order chi connectivity index (χ0) is 12.2. The van der Waals surface area contributed by atoms with Crippen LogP contribution in [0.3, 0.4) is 0 Å². The molecule has 0 saturated carbocycles. The molecule has 4 heteroatoms. The van der Waals surface area contributed by atoms with Gasteiger partial charge in [-0.1, -0.05) is 22.9 Å². The van der Waals surface area contributed by atoms with Crippen LogP contribution in [0.4, 0.5) is 5.69 Å². The fraction of sp³-hybridized carbons (Fsp3) is 0.333. The highest BCUT2D eigenvalue weighted by Crippen LogP contribution is 2.23. The van der Waals surface area contributed by atoms with Crippen molar-refractivity contribution in [3.8, 4) is 6.07 Å². The molecule has 0 spiro atoms. The molecule has 0 heterocycles. The number of rotatable bonds is 3. The second kappa shape index (κ2) is 5.13. The number of carbonyl (C=O) groups excluding carboxylic acids is 1. The second-order valence-electron chi connectivity index (χ2n) is 3.76. The normalized spacial score (nSPS) is 13.6. The first-order chi connectivity index (χ1) is 7.51. The van der Waals surface area contributed by atoms with Gasteiger partial charge in [0.25, 0.3) is 0 Å². The summed E-state index contributed by atoms with van der Waals surface area (Å²) in [4.78, 5) is 11.8. The maximum atomic E-state index is 11.8. The van der Waals surface area contributed by atoms with E-state index in [0.29, 0.717) is 12.1 Å². The molecule has 0 aliphatic rings. The minimum Gasteiger partial charge on any atom is -0.325 e. The van der Waals surface area contributed by atoms with Crippen molar-refractivity contribution in [1.82, 2.24) is 0 Å². The lowest BCUT2D eigenvalue weighted by atomic mass is 9.88. The Morgan fingerprint density at radius 1 is 1.50 bits per heavy atom. The van der Waals surface area contributed by atoms with Crippen molar-refractivity contribution >= 4 is 27.5 Å². The van der Waals surface area contributed by atoms with Gasteiger partial charge in [-0.3, -0.25) is 4.79 Å². The fourth-order valence-electron chi connectivity index (χ4n) is 1.09. The summed E-state index contributed by atoms with van der Waals surface area (Å²) >= 11 is 3.31. The molecule has 1 N–H and O–H groups in total. The number of amides is 1. The highest BCUT2D eigenvalue weighted by atomic mass is 79.9. The van der Waals surface area contributed by atoms with Crippen LogP contribution >= 0.6 is 15.9 Å². The van der Waals surface area contributed by atoms with Crippen LogP contribution in [0.1, 0.15) is 20.3 Å². The van der Waals surface area contributed by atoms with Crippen LogP contribution in [0.5, 0.6) is 0 Å². The van der Waals surface area contributed by atoms with Gasteiger partial charge in [-0.15, -0.1) is 0 Å². The summed E-state index contributed by atoms with van der Waals surface area (Å²) in [7, 11) is 0. The van der Waals surface area contributed by atoms with Gasteiger partial charge in [-0.2, -0.15) is 5.26 Å². The zero-order valence-electron chi connectivity index (χ0n) is 9.25. The monoisotopic (exact) mass is 280 g/mol. The molecule has 0 bridgehead atoms. The van der Waals surface area contributed by atoms with Crippen molar-refractivity contribution in [3.05, 3.63) is 28.7 Å².